The van der Waals surface area contributed by atoms with Crippen molar-refractivity contribution < 1.29 is 23.9 Å². The quantitative estimate of drug-likeness (QED) is 0.0963. The monoisotopic (exact) mass is 675 g/mol. The van der Waals surface area contributed by atoms with E-state index in [2.05, 4.69) is 12.2 Å². The van der Waals surface area contributed by atoms with Crippen molar-refractivity contribution in [3.05, 3.63) is 65.0 Å². The minimum atomic E-state index is -1.31. The number of nitrogens with zero attached hydrogens (tertiary/aromatic N) is 4. The van der Waals surface area contributed by atoms with Crippen molar-refractivity contribution in [1.82, 2.24) is 24.7 Å². The highest BCUT2D eigenvalue weighted by molar-refractivity contribution is 6.04. The summed E-state index contributed by atoms with van der Waals surface area (Å²) < 4.78 is 12.6. The normalized spacial score (nSPS) is 14.7. The van der Waals surface area contributed by atoms with E-state index in [0.717, 1.165) is 43.2 Å². The molecule has 1 aliphatic rings. The molecule has 2 heterocycles. The number of ether oxygens (including phenoxy) is 2. The Morgan fingerprint density at radius 2 is 1.65 bits per heavy atom. The zero-order chi connectivity index (χ0) is 35.6. The molecule has 0 spiro atoms. The number of aromatic nitrogens is 2. The number of imidazole rings is 1. The molecule has 0 saturated carbocycles. The number of amidine groups is 1. The van der Waals surface area contributed by atoms with E-state index >= 15 is 0 Å². The van der Waals surface area contributed by atoms with E-state index in [-0.39, 0.29) is 18.3 Å². The van der Waals surface area contributed by atoms with Crippen LogP contribution in [0.5, 0.6) is 0 Å². The fourth-order valence-electron chi connectivity index (χ4n) is 6.22. The highest BCUT2D eigenvalue weighted by Crippen LogP contribution is 2.34. The molecule has 12 heteroatoms. The van der Waals surface area contributed by atoms with Crippen LogP contribution >= 0.6 is 0 Å². The van der Waals surface area contributed by atoms with Gasteiger partial charge in [-0.3, -0.25) is 20.4 Å². The van der Waals surface area contributed by atoms with E-state index in [1.165, 1.54) is 24.2 Å². The van der Waals surface area contributed by atoms with Crippen LogP contribution in [0.25, 0.3) is 11.0 Å². The maximum Gasteiger partial charge on any atom is 0.412 e. The highest BCUT2D eigenvalue weighted by atomic mass is 16.6. The van der Waals surface area contributed by atoms with Crippen LogP contribution in [0.1, 0.15) is 107 Å². The van der Waals surface area contributed by atoms with Gasteiger partial charge in [-0.05, 0) is 55.9 Å². The first-order chi connectivity index (χ1) is 23.5. The number of likely N-dealkylation sites (tertiary alicyclic amines) is 1. The SMILES string of the molecule is CCCCCCCCOC(=O)NC(=N)c1ccc(C(N)c2nc3cc(C(C)(C(=O)N4CCCC4)N(C)C(=O)OCCC)ccc3n2C)cc1. The first-order valence-corrected chi connectivity index (χ1v) is 17.6. The molecule has 0 aliphatic carbocycles. The van der Waals surface area contributed by atoms with Crippen LogP contribution in [-0.2, 0) is 26.9 Å². The molecule has 4 rings (SSSR count). The molecule has 1 saturated heterocycles. The third-order valence-electron chi connectivity index (χ3n) is 9.46. The average Bonchev–Trinajstić information content (AvgIpc) is 3.77. The lowest BCUT2D eigenvalue weighted by atomic mass is 9.88. The van der Waals surface area contributed by atoms with E-state index in [4.69, 9.17) is 25.6 Å². The smallest absolute Gasteiger partial charge is 0.412 e. The van der Waals surface area contributed by atoms with Crippen molar-refractivity contribution in [2.75, 3.05) is 33.4 Å². The number of nitrogens with two attached hydrogens (primary N) is 1. The predicted molar refractivity (Wildman–Crippen MR) is 190 cm³/mol. The number of unbranched alkanes of at least 4 members (excludes halogenated alkanes) is 5. The number of carbonyl (C=O) groups excluding carboxylic acids is 3. The Kier molecular flexibility index (Phi) is 13.2. The predicted octanol–water partition coefficient (Wildman–Crippen LogP) is 6.35. The van der Waals surface area contributed by atoms with Crippen LogP contribution in [0.3, 0.4) is 0 Å². The van der Waals surface area contributed by atoms with Crippen molar-refractivity contribution in [3.8, 4) is 0 Å². The van der Waals surface area contributed by atoms with Crippen LogP contribution in [0, 0.1) is 5.41 Å². The van der Waals surface area contributed by atoms with Gasteiger partial charge in [0.2, 0.25) is 0 Å². The minimum absolute atomic E-state index is 0.0570. The molecule has 2 aromatic carbocycles. The Morgan fingerprint density at radius 1 is 0.980 bits per heavy atom. The molecular weight excluding hydrogens is 622 g/mol. The molecule has 12 nitrogen and oxygen atoms in total. The zero-order valence-electron chi connectivity index (χ0n) is 29.7. The number of nitrogens with one attached hydrogen (secondary N) is 2. The maximum atomic E-state index is 14.0. The van der Waals surface area contributed by atoms with Gasteiger partial charge in [-0.25, -0.2) is 14.6 Å². The van der Waals surface area contributed by atoms with Crippen LogP contribution in [0.4, 0.5) is 9.59 Å². The topological polar surface area (TPSA) is 156 Å². The summed E-state index contributed by atoms with van der Waals surface area (Å²) in [7, 11) is 3.49. The second-order valence-electron chi connectivity index (χ2n) is 13.0. The van der Waals surface area contributed by atoms with E-state index < -0.39 is 23.8 Å². The number of alkyl carbamates (subject to hydrolysis) is 1. The molecule has 3 amide bonds. The van der Waals surface area contributed by atoms with Gasteiger partial charge < -0.3 is 24.7 Å². The van der Waals surface area contributed by atoms with Crippen molar-refractivity contribution in [2.45, 2.75) is 90.1 Å². The van der Waals surface area contributed by atoms with Crippen LogP contribution in [0.15, 0.2) is 42.5 Å². The second kappa shape index (κ2) is 17.3. The Hall–Kier alpha value is -4.45. The van der Waals surface area contributed by atoms with E-state index in [1.807, 2.05) is 53.8 Å². The maximum absolute atomic E-state index is 14.0. The Balaban J connectivity index is 1.48. The Morgan fingerprint density at radius 3 is 2.33 bits per heavy atom. The number of likely N-dealkylation sites (N-methyl/N-ethyl adjacent to an activating group) is 1. The lowest BCUT2D eigenvalue weighted by molar-refractivity contribution is -0.141. The number of benzene rings is 2. The largest absolute Gasteiger partial charge is 0.449 e. The number of fused-ring (bicyclic) bond motifs is 1. The van der Waals surface area contributed by atoms with Gasteiger partial charge in [0.15, 0.2) is 0 Å². The lowest BCUT2D eigenvalue weighted by Crippen LogP contribution is -2.55. The number of carbonyl (C=O) groups is 3. The number of hydrogen-bond acceptors (Lipinski definition) is 8. The van der Waals surface area contributed by atoms with Crippen molar-refractivity contribution in [1.29, 1.82) is 5.41 Å². The number of rotatable bonds is 15. The van der Waals surface area contributed by atoms with Crippen molar-refractivity contribution in [3.63, 3.8) is 0 Å². The van der Waals surface area contributed by atoms with E-state index in [9.17, 15) is 14.4 Å². The number of amides is 3. The highest BCUT2D eigenvalue weighted by Gasteiger charge is 2.46. The van der Waals surface area contributed by atoms with Gasteiger partial charge in [-0.15, -0.1) is 0 Å². The summed E-state index contributed by atoms with van der Waals surface area (Å²) in [5.74, 6) is 0.396. The molecule has 266 valence electrons. The molecule has 2 unspecified atom stereocenters. The van der Waals surface area contributed by atoms with Gasteiger partial charge >= 0.3 is 12.2 Å². The molecule has 0 bridgehead atoms. The van der Waals surface area contributed by atoms with Crippen LogP contribution in [-0.4, -0.2) is 76.6 Å². The number of aryl methyl sites for hydroxylation is 1. The van der Waals surface area contributed by atoms with Crippen LogP contribution < -0.4 is 11.1 Å². The van der Waals surface area contributed by atoms with E-state index in [0.29, 0.717) is 48.6 Å². The molecule has 1 fully saturated rings. The summed E-state index contributed by atoms with van der Waals surface area (Å²) in [5.41, 5.74) is 8.81. The third-order valence-corrected chi connectivity index (χ3v) is 9.46. The second-order valence-corrected chi connectivity index (χ2v) is 13.0. The van der Waals surface area contributed by atoms with Gasteiger partial charge in [-0.2, -0.15) is 0 Å². The average molecular weight is 676 g/mol. The molecule has 1 aromatic heterocycles. The van der Waals surface area contributed by atoms with Gasteiger partial charge in [-0.1, -0.05) is 76.3 Å². The zero-order valence-corrected chi connectivity index (χ0v) is 29.7. The van der Waals surface area contributed by atoms with Gasteiger partial charge in [0.25, 0.3) is 5.91 Å². The first kappa shape index (κ1) is 37.4. The van der Waals surface area contributed by atoms with Crippen molar-refractivity contribution in [2.24, 2.45) is 12.8 Å². The number of hydrogen-bond donors (Lipinski definition) is 3. The fourth-order valence-corrected chi connectivity index (χ4v) is 6.22. The van der Waals surface area contributed by atoms with Crippen molar-refractivity contribution >= 4 is 35.0 Å². The van der Waals surface area contributed by atoms with E-state index in [1.54, 1.807) is 26.1 Å². The third kappa shape index (κ3) is 8.78. The van der Waals surface area contributed by atoms with Gasteiger partial charge in [0.05, 0.1) is 30.3 Å². The summed E-state index contributed by atoms with van der Waals surface area (Å²) in [4.78, 5) is 47.4. The summed E-state index contributed by atoms with van der Waals surface area (Å²) in [6, 6.07) is 12.1. The minimum Gasteiger partial charge on any atom is -0.449 e. The molecular formula is C37H53N7O5. The Bertz CT molecular complexity index is 1600. The molecule has 3 aromatic rings. The summed E-state index contributed by atoms with van der Waals surface area (Å²) in [6.45, 7) is 7.75. The summed E-state index contributed by atoms with van der Waals surface area (Å²) >= 11 is 0. The molecule has 49 heavy (non-hydrogen) atoms. The summed E-state index contributed by atoms with van der Waals surface area (Å²) in [5, 5.41) is 10.8. The standard InChI is InChI=1S/C37H53N7O5/c1-6-8-9-10-11-14-24-48-35(46)41-32(39)27-17-15-26(16-18-27)31(38)33-40-29-25-28(19-20-30(29)42(33)4)37(3,34(45)44-21-12-13-22-44)43(5)36(47)49-23-7-2/h15-20,25,31H,6-14,21-24,38H2,1-5H3,(H2,39,41,46). The van der Waals surface area contributed by atoms with Gasteiger partial charge in [0, 0.05) is 32.7 Å². The molecule has 2 atom stereocenters. The summed E-state index contributed by atoms with van der Waals surface area (Å²) in [6.07, 6.45) is 7.90. The Labute approximate surface area is 289 Å². The molecule has 1 aliphatic heterocycles. The van der Waals surface area contributed by atoms with Gasteiger partial charge in [0.1, 0.15) is 17.2 Å². The fraction of sp³-hybridized carbons (Fsp3) is 0.541. The van der Waals surface area contributed by atoms with Crippen LogP contribution in [0.2, 0.25) is 0 Å². The molecule has 0 radical (unpaired) electrons. The lowest BCUT2D eigenvalue weighted by Gasteiger charge is -2.39. The first-order valence-electron chi connectivity index (χ1n) is 17.6. The molecule has 4 N–H and O–H groups in total.